The molecule has 170 valence electrons. The molecule has 3 heterocycles. The van der Waals surface area contributed by atoms with Crippen LogP contribution in [0.15, 0.2) is 18.6 Å². The first-order chi connectivity index (χ1) is 14.2. The summed E-state index contributed by atoms with van der Waals surface area (Å²) in [6, 6.07) is -0.0371. The van der Waals surface area contributed by atoms with Gasteiger partial charge in [-0.15, -0.1) is 0 Å². The summed E-state index contributed by atoms with van der Waals surface area (Å²) in [5, 5.41) is 6.96. The molecule has 1 saturated heterocycles. The van der Waals surface area contributed by atoms with Crippen LogP contribution in [0.2, 0.25) is 0 Å². The van der Waals surface area contributed by atoms with Crippen molar-refractivity contribution in [1.29, 1.82) is 0 Å². The van der Waals surface area contributed by atoms with E-state index in [1.807, 2.05) is 27.7 Å². The van der Waals surface area contributed by atoms with Gasteiger partial charge in [-0.3, -0.25) is 4.68 Å². The van der Waals surface area contributed by atoms with E-state index in [-0.39, 0.29) is 23.2 Å². The number of nitrogens with one attached hydrogen (secondary N) is 1. The Labute approximate surface area is 182 Å². The fraction of sp³-hybridized carbons (Fsp3) is 0.611. The smallest absolute Gasteiger partial charge is 0.351 e. The molecular formula is C18H28ClF3N6OS. The maximum Gasteiger partial charge on any atom is 0.419 e. The quantitative estimate of drug-likeness (QED) is 0.661. The zero-order valence-electron chi connectivity index (χ0n) is 17.7. The van der Waals surface area contributed by atoms with Crippen LogP contribution in [0.3, 0.4) is 0 Å². The molecule has 0 amide bonds. The Balaban J connectivity index is 0.00000106. The molecule has 1 atom stereocenters. The van der Waals surface area contributed by atoms with E-state index in [0.29, 0.717) is 25.9 Å². The van der Waals surface area contributed by atoms with Gasteiger partial charge in [0, 0.05) is 54.8 Å². The minimum Gasteiger partial charge on any atom is -0.351 e. The molecule has 2 aromatic heterocycles. The number of aryl methyl sites for hydroxylation is 1. The largest absolute Gasteiger partial charge is 0.419 e. The van der Waals surface area contributed by atoms with E-state index in [1.165, 1.54) is 17.1 Å². The van der Waals surface area contributed by atoms with Crippen molar-refractivity contribution in [2.45, 2.75) is 52.8 Å². The minimum absolute atomic E-state index is 0.0371. The Morgan fingerprint density at radius 2 is 1.77 bits per heavy atom. The number of hydrogen-bond donors (Lipinski definition) is 1. The molecule has 0 spiro atoms. The van der Waals surface area contributed by atoms with Gasteiger partial charge in [0.05, 0.1) is 11.9 Å². The molecule has 1 fully saturated rings. The molecule has 1 unspecified atom stereocenters. The van der Waals surface area contributed by atoms with Gasteiger partial charge in [0.25, 0.3) is 0 Å². The Kier molecular flexibility index (Phi) is 10.7. The number of alkyl halides is 3. The molecule has 0 saturated carbocycles. The maximum atomic E-state index is 13.3. The molecule has 7 nitrogen and oxygen atoms in total. The normalized spacial score (nSPS) is 16.0. The number of piperidine rings is 1. The predicted molar refractivity (Wildman–Crippen MR) is 114 cm³/mol. The third kappa shape index (κ3) is 7.21. The highest BCUT2D eigenvalue weighted by atomic mass is 35.7. The number of nitrogens with zero attached hydrogens (tertiary/aromatic N) is 5. The highest BCUT2D eigenvalue weighted by Gasteiger charge is 2.36. The zero-order valence-corrected chi connectivity index (χ0v) is 19.3. The second-order valence-corrected chi connectivity index (χ2v) is 7.63. The van der Waals surface area contributed by atoms with Gasteiger partial charge in [-0.05, 0) is 12.8 Å². The lowest BCUT2D eigenvalue weighted by Gasteiger charge is -2.29. The van der Waals surface area contributed by atoms with Gasteiger partial charge < -0.3 is 5.32 Å². The summed E-state index contributed by atoms with van der Waals surface area (Å²) in [7, 11) is 5.63. The lowest BCUT2D eigenvalue weighted by molar-refractivity contribution is -0.137. The van der Waals surface area contributed by atoms with Crippen molar-refractivity contribution in [2.75, 3.05) is 18.4 Å². The monoisotopic (exact) mass is 468 g/mol. The van der Waals surface area contributed by atoms with Crippen molar-refractivity contribution in [1.82, 2.24) is 24.1 Å². The molecular weight excluding hydrogens is 441 g/mol. The molecule has 1 aliphatic rings. The summed E-state index contributed by atoms with van der Waals surface area (Å²) < 4.78 is 54.1. The Morgan fingerprint density at radius 1 is 1.17 bits per heavy atom. The van der Waals surface area contributed by atoms with E-state index >= 15 is 0 Å². The average Bonchev–Trinajstić information content (AvgIpc) is 3.17. The molecule has 3 rings (SSSR count). The highest BCUT2D eigenvalue weighted by Crippen LogP contribution is 2.36. The third-order valence-electron chi connectivity index (χ3n) is 4.06. The van der Waals surface area contributed by atoms with E-state index in [2.05, 4.69) is 20.4 Å². The molecule has 30 heavy (non-hydrogen) atoms. The second kappa shape index (κ2) is 12.2. The van der Waals surface area contributed by atoms with Crippen LogP contribution in [-0.2, 0) is 23.4 Å². The van der Waals surface area contributed by atoms with Crippen LogP contribution in [0, 0.1) is 0 Å². The Morgan fingerprint density at radius 3 is 2.23 bits per heavy atom. The van der Waals surface area contributed by atoms with Gasteiger partial charge in [0.15, 0.2) is 10.2 Å². The van der Waals surface area contributed by atoms with Crippen LogP contribution < -0.4 is 5.32 Å². The summed E-state index contributed by atoms with van der Waals surface area (Å²) in [5.41, 5.74) is -0.872. The second-order valence-electron chi connectivity index (χ2n) is 5.91. The number of hydrogen-bond acceptors (Lipinski definition) is 5. The molecule has 0 aromatic carbocycles. The topological polar surface area (TPSA) is 75.9 Å². The van der Waals surface area contributed by atoms with E-state index in [4.69, 9.17) is 10.7 Å². The van der Waals surface area contributed by atoms with Crippen molar-refractivity contribution in [3.8, 4) is 11.3 Å². The van der Waals surface area contributed by atoms with Gasteiger partial charge in [-0.25, -0.2) is 18.5 Å². The minimum atomic E-state index is -4.57. The van der Waals surface area contributed by atoms with Crippen LogP contribution in [-0.4, -0.2) is 47.4 Å². The Bertz CT molecular complexity index is 809. The first-order valence-corrected chi connectivity index (χ1v) is 11.7. The third-order valence-corrected chi connectivity index (χ3v) is 5.42. The summed E-state index contributed by atoms with van der Waals surface area (Å²) >= 11 is 0. The fourth-order valence-corrected chi connectivity index (χ4v) is 3.66. The maximum absolute atomic E-state index is 13.3. The highest BCUT2D eigenvalue weighted by molar-refractivity contribution is 8.06. The van der Waals surface area contributed by atoms with Crippen LogP contribution >= 0.6 is 10.7 Å². The summed E-state index contributed by atoms with van der Waals surface area (Å²) in [6.45, 7) is 9.04. The molecule has 2 aromatic rings. The molecule has 0 aliphatic carbocycles. The van der Waals surface area contributed by atoms with E-state index < -0.39 is 21.9 Å². The van der Waals surface area contributed by atoms with E-state index in [1.54, 1.807) is 11.4 Å². The van der Waals surface area contributed by atoms with Gasteiger partial charge in [-0.2, -0.15) is 18.3 Å². The lowest BCUT2D eigenvalue weighted by Crippen LogP contribution is -2.39. The predicted octanol–water partition coefficient (Wildman–Crippen LogP) is 4.64. The summed E-state index contributed by atoms with van der Waals surface area (Å²) in [6.07, 6.45) is 0.265. The molecule has 1 N–H and O–H groups in total. The summed E-state index contributed by atoms with van der Waals surface area (Å²) in [5.74, 6) is 0.113. The molecule has 12 heteroatoms. The van der Waals surface area contributed by atoms with Crippen molar-refractivity contribution >= 4 is 26.8 Å². The van der Waals surface area contributed by atoms with Gasteiger partial charge >= 0.3 is 6.18 Å². The van der Waals surface area contributed by atoms with Crippen molar-refractivity contribution in [2.24, 2.45) is 7.05 Å². The fourth-order valence-electron chi connectivity index (χ4n) is 2.75. The van der Waals surface area contributed by atoms with Crippen LogP contribution in [0.25, 0.3) is 11.3 Å². The van der Waals surface area contributed by atoms with Crippen LogP contribution in [0.1, 0.15) is 46.1 Å². The summed E-state index contributed by atoms with van der Waals surface area (Å²) in [4.78, 5) is 7.89. The number of anilines is 1. The standard InChI is InChI=1S/C14H16ClF3N6OS.2C2H6/c1-23-8-9(6-20-23)12-11(14(16,17)18)7-19-13(22-12)21-10-2-4-24(5-3-10)26(15)25;2*1-2/h6-8,10H,2-5H2,1H3,(H,19,21,22);2*1-2H3. The van der Waals surface area contributed by atoms with Crippen molar-refractivity contribution in [3.05, 3.63) is 24.2 Å². The van der Waals surface area contributed by atoms with Crippen LogP contribution in [0.5, 0.6) is 0 Å². The van der Waals surface area contributed by atoms with Crippen LogP contribution in [0.4, 0.5) is 19.1 Å². The van der Waals surface area contributed by atoms with Crippen molar-refractivity contribution < 1.29 is 17.4 Å². The van der Waals surface area contributed by atoms with E-state index in [9.17, 15) is 17.4 Å². The van der Waals surface area contributed by atoms with Gasteiger partial charge in [-0.1, -0.05) is 27.7 Å². The Hall–Kier alpha value is -1.72. The van der Waals surface area contributed by atoms with Crippen molar-refractivity contribution in [3.63, 3.8) is 0 Å². The first-order valence-electron chi connectivity index (χ1n) is 9.77. The molecule has 0 bridgehead atoms. The number of halogens is 4. The zero-order chi connectivity index (χ0) is 22.9. The molecule has 1 aliphatic heterocycles. The van der Waals surface area contributed by atoms with Gasteiger partial charge in [0.1, 0.15) is 5.56 Å². The van der Waals surface area contributed by atoms with E-state index in [0.717, 1.165) is 6.20 Å². The number of aromatic nitrogens is 4. The number of rotatable bonds is 4. The SMILES string of the molecule is CC.CC.Cn1cc(-c2nc(NC3CCN(S(=O)Cl)CC3)ncc2C(F)(F)F)cn1. The van der Waals surface area contributed by atoms with Gasteiger partial charge in [0.2, 0.25) is 5.95 Å². The first kappa shape index (κ1) is 26.3. The average molecular weight is 469 g/mol. The molecule has 0 radical (unpaired) electrons. The lowest BCUT2D eigenvalue weighted by atomic mass is 10.1.